The van der Waals surface area contributed by atoms with Crippen molar-refractivity contribution in [2.24, 2.45) is 0 Å². The van der Waals surface area contributed by atoms with Gasteiger partial charge in [-0.2, -0.15) is 4.39 Å². The van der Waals surface area contributed by atoms with E-state index in [4.69, 9.17) is 9.15 Å². The van der Waals surface area contributed by atoms with Crippen LogP contribution in [0.3, 0.4) is 0 Å². The molecule has 106 valence electrons. The Morgan fingerprint density at radius 2 is 1.95 bits per heavy atom. The second kappa shape index (κ2) is 5.05. The first-order chi connectivity index (χ1) is 10.1. The van der Waals surface area contributed by atoms with Gasteiger partial charge in [0.05, 0.1) is 12.5 Å². The number of ether oxygens (including phenoxy) is 1. The zero-order chi connectivity index (χ0) is 15.0. The highest BCUT2D eigenvalue weighted by atomic mass is 19.1. The Hall–Kier alpha value is -2.62. The summed E-state index contributed by atoms with van der Waals surface area (Å²) in [5.41, 5.74) is 2.52. The van der Waals surface area contributed by atoms with E-state index < -0.39 is 11.2 Å². The van der Waals surface area contributed by atoms with Crippen LogP contribution in [0.25, 0.3) is 22.1 Å². The van der Waals surface area contributed by atoms with Crippen LogP contribution in [0, 0.1) is 12.7 Å². The number of benzene rings is 2. The highest BCUT2D eigenvalue weighted by Gasteiger charge is 2.09. The van der Waals surface area contributed by atoms with Crippen LogP contribution < -0.4 is 10.2 Å². The molecule has 0 radical (unpaired) electrons. The van der Waals surface area contributed by atoms with Crippen molar-refractivity contribution in [2.75, 3.05) is 7.11 Å². The van der Waals surface area contributed by atoms with Crippen molar-refractivity contribution < 1.29 is 13.5 Å². The number of hydrogen-bond acceptors (Lipinski definition) is 3. The summed E-state index contributed by atoms with van der Waals surface area (Å²) < 4.78 is 23.6. The average Bonchev–Trinajstić information content (AvgIpc) is 2.50. The molecule has 2 aromatic carbocycles. The summed E-state index contributed by atoms with van der Waals surface area (Å²) in [7, 11) is 1.61. The largest absolute Gasteiger partial charge is 0.497 e. The number of aryl methyl sites for hydroxylation is 1. The molecule has 0 amide bonds. The molecular weight excluding hydrogens is 271 g/mol. The van der Waals surface area contributed by atoms with Gasteiger partial charge in [-0.15, -0.1) is 0 Å². The fourth-order valence-corrected chi connectivity index (χ4v) is 2.36. The third kappa shape index (κ3) is 2.29. The van der Waals surface area contributed by atoms with E-state index in [1.54, 1.807) is 19.2 Å². The SMILES string of the molecule is COc1ccc(-c2ccc3occ(F)c(=O)c3c2)c(C)c1. The van der Waals surface area contributed by atoms with Gasteiger partial charge in [0.2, 0.25) is 11.2 Å². The average molecular weight is 284 g/mol. The second-order valence-corrected chi connectivity index (χ2v) is 4.80. The summed E-state index contributed by atoms with van der Waals surface area (Å²) in [5, 5.41) is 0.239. The van der Waals surface area contributed by atoms with Crippen molar-refractivity contribution in [1.82, 2.24) is 0 Å². The van der Waals surface area contributed by atoms with Gasteiger partial charge in [-0.05, 0) is 47.9 Å². The lowest BCUT2D eigenvalue weighted by atomic mass is 9.99. The third-order valence-electron chi connectivity index (χ3n) is 3.48. The quantitative estimate of drug-likeness (QED) is 0.716. The van der Waals surface area contributed by atoms with Gasteiger partial charge in [0, 0.05) is 0 Å². The predicted molar refractivity (Wildman–Crippen MR) is 79.2 cm³/mol. The van der Waals surface area contributed by atoms with Crippen molar-refractivity contribution in [3.8, 4) is 16.9 Å². The van der Waals surface area contributed by atoms with Crippen LogP contribution >= 0.6 is 0 Å². The minimum Gasteiger partial charge on any atom is -0.497 e. The molecule has 0 spiro atoms. The second-order valence-electron chi connectivity index (χ2n) is 4.80. The number of methoxy groups -OCH3 is 1. The smallest absolute Gasteiger partial charge is 0.228 e. The van der Waals surface area contributed by atoms with E-state index in [0.717, 1.165) is 28.7 Å². The van der Waals surface area contributed by atoms with E-state index in [2.05, 4.69) is 0 Å². The van der Waals surface area contributed by atoms with Crippen molar-refractivity contribution >= 4 is 11.0 Å². The van der Waals surface area contributed by atoms with Gasteiger partial charge < -0.3 is 9.15 Å². The Kier molecular flexibility index (Phi) is 3.22. The molecule has 3 rings (SSSR count). The Morgan fingerprint density at radius 1 is 1.14 bits per heavy atom. The van der Waals surface area contributed by atoms with Crippen LogP contribution in [-0.2, 0) is 0 Å². The fourth-order valence-electron chi connectivity index (χ4n) is 2.36. The zero-order valence-electron chi connectivity index (χ0n) is 11.6. The van der Waals surface area contributed by atoms with Crippen molar-refractivity contribution in [2.45, 2.75) is 6.92 Å². The summed E-state index contributed by atoms with van der Waals surface area (Å²) in [5.74, 6) is -0.117. The molecule has 0 bridgehead atoms. The fraction of sp³-hybridized carbons (Fsp3) is 0.118. The monoisotopic (exact) mass is 284 g/mol. The molecule has 1 heterocycles. The maximum Gasteiger partial charge on any atom is 0.228 e. The van der Waals surface area contributed by atoms with Crippen molar-refractivity contribution in [3.63, 3.8) is 0 Å². The van der Waals surface area contributed by atoms with Crippen molar-refractivity contribution in [3.05, 3.63) is 64.3 Å². The minimum absolute atomic E-state index is 0.239. The third-order valence-corrected chi connectivity index (χ3v) is 3.48. The van der Waals surface area contributed by atoms with Gasteiger partial charge in [-0.3, -0.25) is 4.79 Å². The van der Waals surface area contributed by atoms with E-state index >= 15 is 0 Å². The van der Waals surface area contributed by atoms with E-state index in [-0.39, 0.29) is 5.39 Å². The number of halogens is 1. The Balaban J connectivity index is 2.21. The normalized spacial score (nSPS) is 10.8. The molecule has 3 aromatic rings. The number of hydrogen-bond donors (Lipinski definition) is 0. The first-order valence-corrected chi connectivity index (χ1v) is 6.46. The Morgan fingerprint density at radius 3 is 2.67 bits per heavy atom. The Labute approximate surface area is 120 Å². The van der Waals surface area contributed by atoms with Crippen molar-refractivity contribution in [1.29, 1.82) is 0 Å². The number of fused-ring (bicyclic) bond motifs is 1. The molecule has 0 aliphatic carbocycles. The molecule has 1 aromatic heterocycles. The van der Waals surface area contributed by atoms with Crippen LogP contribution in [0.15, 0.2) is 51.9 Å². The molecule has 3 nitrogen and oxygen atoms in total. The highest BCUT2D eigenvalue weighted by Crippen LogP contribution is 2.28. The molecule has 0 aliphatic heterocycles. The molecule has 0 atom stereocenters. The first-order valence-electron chi connectivity index (χ1n) is 6.46. The molecular formula is C17H13FO3. The lowest BCUT2D eigenvalue weighted by Crippen LogP contribution is -2.05. The van der Waals surface area contributed by atoms with Gasteiger partial charge in [-0.25, -0.2) is 0 Å². The Bertz CT molecular complexity index is 881. The summed E-state index contributed by atoms with van der Waals surface area (Å²) in [6.45, 7) is 1.95. The van der Waals surface area contributed by atoms with E-state index in [9.17, 15) is 9.18 Å². The molecule has 4 heteroatoms. The number of rotatable bonds is 2. The molecule has 0 N–H and O–H groups in total. The summed E-state index contributed by atoms with van der Waals surface area (Å²) >= 11 is 0. The maximum absolute atomic E-state index is 13.3. The summed E-state index contributed by atoms with van der Waals surface area (Å²) in [6.07, 6.45) is 0.836. The zero-order valence-corrected chi connectivity index (χ0v) is 11.6. The van der Waals surface area contributed by atoms with E-state index in [0.29, 0.717) is 5.58 Å². The highest BCUT2D eigenvalue weighted by molar-refractivity contribution is 5.83. The lowest BCUT2D eigenvalue weighted by molar-refractivity contribution is 0.414. The topological polar surface area (TPSA) is 39.4 Å². The molecule has 0 saturated carbocycles. The first kappa shape index (κ1) is 13.4. The summed E-state index contributed by atoms with van der Waals surface area (Å²) in [4.78, 5) is 11.8. The minimum atomic E-state index is -0.883. The maximum atomic E-state index is 13.3. The molecule has 21 heavy (non-hydrogen) atoms. The van der Waals surface area contributed by atoms with Gasteiger partial charge in [0.15, 0.2) is 0 Å². The standard InChI is InChI=1S/C17H13FO3/c1-10-7-12(20-2)4-5-13(10)11-3-6-16-14(8-11)17(19)15(18)9-21-16/h3-9H,1-2H3. The van der Waals surface area contributed by atoms with Crippen LogP contribution in [0.5, 0.6) is 5.75 Å². The van der Waals surface area contributed by atoms with Crippen LogP contribution in [0.1, 0.15) is 5.56 Å². The van der Waals surface area contributed by atoms with Crippen LogP contribution in [-0.4, -0.2) is 7.11 Å². The van der Waals surface area contributed by atoms with Gasteiger partial charge in [0.25, 0.3) is 0 Å². The van der Waals surface area contributed by atoms with Crippen LogP contribution in [0.2, 0.25) is 0 Å². The van der Waals surface area contributed by atoms with Gasteiger partial charge in [-0.1, -0.05) is 12.1 Å². The van der Waals surface area contributed by atoms with E-state index in [1.165, 1.54) is 0 Å². The van der Waals surface area contributed by atoms with E-state index in [1.807, 2.05) is 31.2 Å². The molecule has 0 saturated heterocycles. The molecule has 0 fully saturated rings. The molecule has 0 unspecified atom stereocenters. The predicted octanol–water partition coefficient (Wildman–Crippen LogP) is 3.92. The lowest BCUT2D eigenvalue weighted by Gasteiger charge is -2.09. The van der Waals surface area contributed by atoms with Gasteiger partial charge in [0.1, 0.15) is 17.6 Å². The van der Waals surface area contributed by atoms with Gasteiger partial charge >= 0.3 is 0 Å². The molecule has 0 aliphatic rings. The summed E-state index contributed by atoms with van der Waals surface area (Å²) in [6, 6.07) is 10.8. The van der Waals surface area contributed by atoms with Crippen LogP contribution in [0.4, 0.5) is 4.39 Å².